The van der Waals surface area contributed by atoms with Crippen LogP contribution in [0.5, 0.6) is 11.5 Å². The monoisotopic (exact) mass is 300 g/mol. The maximum absolute atomic E-state index is 12.7. The van der Waals surface area contributed by atoms with Crippen molar-refractivity contribution in [2.24, 2.45) is 0 Å². The number of aromatic nitrogens is 2. The Hall–Kier alpha value is -2.89. The topological polar surface area (TPSA) is 57.4 Å². The van der Waals surface area contributed by atoms with Crippen molar-refractivity contribution in [3.63, 3.8) is 0 Å². The van der Waals surface area contributed by atoms with Gasteiger partial charge in [0, 0.05) is 5.56 Å². The molecule has 0 bridgehead atoms. The number of ether oxygens (including phenoxy) is 2. The summed E-state index contributed by atoms with van der Waals surface area (Å²) in [5.74, 6) is 1.50. The molecule has 1 aromatic heterocycles. The Balaban J connectivity index is 1.46. The first-order chi connectivity index (χ1) is 10.8. The van der Waals surface area contributed by atoms with Gasteiger partial charge in [0.15, 0.2) is 0 Å². The molecule has 0 spiro atoms. The molecule has 1 heterocycles. The summed E-state index contributed by atoms with van der Waals surface area (Å²) in [6, 6.07) is 13.2. The van der Waals surface area contributed by atoms with Gasteiger partial charge in [0.05, 0.1) is 0 Å². The fraction of sp³-hybridized carbons (Fsp3) is 0.125. The first kappa shape index (κ1) is 14.1. The second-order valence-electron chi connectivity index (χ2n) is 4.42. The van der Waals surface area contributed by atoms with Gasteiger partial charge < -0.3 is 13.9 Å². The molecule has 2 aromatic carbocycles. The Bertz CT molecular complexity index is 697. The molecule has 5 nitrogen and oxygen atoms in total. The van der Waals surface area contributed by atoms with Crippen LogP contribution in [-0.4, -0.2) is 23.4 Å². The van der Waals surface area contributed by atoms with Crippen LogP contribution in [0, 0.1) is 5.82 Å². The maximum Gasteiger partial charge on any atom is 0.247 e. The van der Waals surface area contributed by atoms with Crippen molar-refractivity contribution in [3.05, 3.63) is 60.7 Å². The molecule has 0 atom stereocenters. The predicted molar refractivity (Wildman–Crippen MR) is 77.1 cm³/mol. The molecule has 0 aliphatic carbocycles. The molecule has 0 radical (unpaired) electrons. The maximum atomic E-state index is 12.7. The number of benzene rings is 2. The van der Waals surface area contributed by atoms with Crippen molar-refractivity contribution in [3.8, 4) is 23.0 Å². The molecule has 0 aliphatic heterocycles. The van der Waals surface area contributed by atoms with Crippen LogP contribution >= 0.6 is 0 Å². The van der Waals surface area contributed by atoms with Gasteiger partial charge >= 0.3 is 0 Å². The molecule has 3 aromatic rings. The lowest BCUT2D eigenvalue weighted by Gasteiger charge is -2.08. The Morgan fingerprint density at radius 2 is 1.45 bits per heavy atom. The minimum Gasteiger partial charge on any atom is -0.490 e. The summed E-state index contributed by atoms with van der Waals surface area (Å²) >= 11 is 0. The van der Waals surface area contributed by atoms with Crippen LogP contribution in [0.4, 0.5) is 4.39 Å². The highest BCUT2D eigenvalue weighted by Crippen LogP contribution is 2.20. The van der Waals surface area contributed by atoms with Gasteiger partial charge in [0.25, 0.3) is 0 Å². The van der Waals surface area contributed by atoms with Crippen LogP contribution in [0.3, 0.4) is 0 Å². The smallest absolute Gasteiger partial charge is 0.247 e. The van der Waals surface area contributed by atoms with Crippen LogP contribution in [-0.2, 0) is 0 Å². The van der Waals surface area contributed by atoms with Gasteiger partial charge in [-0.15, -0.1) is 10.2 Å². The Morgan fingerprint density at radius 3 is 2.00 bits per heavy atom. The predicted octanol–water partition coefficient (Wildman–Crippen LogP) is 3.33. The molecule has 3 rings (SSSR count). The molecule has 6 heteroatoms. The average Bonchev–Trinajstić information content (AvgIpc) is 3.08. The molecular formula is C16H13FN2O3. The minimum atomic E-state index is -0.287. The van der Waals surface area contributed by atoms with Gasteiger partial charge in [-0.2, -0.15) is 0 Å². The van der Waals surface area contributed by atoms with E-state index in [-0.39, 0.29) is 5.82 Å². The second-order valence-corrected chi connectivity index (χ2v) is 4.42. The normalized spacial score (nSPS) is 10.4. The van der Waals surface area contributed by atoms with Gasteiger partial charge in [-0.1, -0.05) is 0 Å². The first-order valence-corrected chi connectivity index (χ1v) is 6.69. The lowest BCUT2D eigenvalue weighted by atomic mass is 10.2. The summed E-state index contributed by atoms with van der Waals surface area (Å²) in [5.41, 5.74) is 0.826. The molecule has 0 N–H and O–H groups in total. The van der Waals surface area contributed by atoms with Crippen molar-refractivity contribution < 1.29 is 18.3 Å². The van der Waals surface area contributed by atoms with Crippen LogP contribution in [0.25, 0.3) is 11.5 Å². The third-order valence-electron chi connectivity index (χ3n) is 2.90. The lowest BCUT2D eigenvalue weighted by Crippen LogP contribution is -2.08. The number of rotatable bonds is 6. The van der Waals surface area contributed by atoms with Crippen molar-refractivity contribution in [2.45, 2.75) is 0 Å². The van der Waals surface area contributed by atoms with Gasteiger partial charge in [-0.25, -0.2) is 4.39 Å². The fourth-order valence-corrected chi connectivity index (χ4v) is 1.84. The molecule has 0 aliphatic rings. The summed E-state index contributed by atoms with van der Waals surface area (Å²) < 4.78 is 28.8. The number of halogens is 1. The van der Waals surface area contributed by atoms with E-state index < -0.39 is 0 Å². The zero-order valence-corrected chi connectivity index (χ0v) is 11.6. The van der Waals surface area contributed by atoms with Gasteiger partial charge in [-0.05, 0) is 48.5 Å². The molecule has 0 fully saturated rings. The zero-order valence-electron chi connectivity index (χ0n) is 11.6. The van der Waals surface area contributed by atoms with E-state index in [1.807, 2.05) is 24.3 Å². The van der Waals surface area contributed by atoms with E-state index in [4.69, 9.17) is 13.9 Å². The molecule has 22 heavy (non-hydrogen) atoms. The third-order valence-corrected chi connectivity index (χ3v) is 2.90. The van der Waals surface area contributed by atoms with E-state index in [9.17, 15) is 4.39 Å². The third kappa shape index (κ3) is 3.60. The first-order valence-electron chi connectivity index (χ1n) is 6.69. The zero-order chi connectivity index (χ0) is 15.2. The van der Waals surface area contributed by atoms with E-state index in [2.05, 4.69) is 10.2 Å². The van der Waals surface area contributed by atoms with Gasteiger partial charge in [0.1, 0.15) is 30.5 Å². The molecular weight excluding hydrogens is 287 g/mol. The standard InChI is InChI=1S/C16H13FN2O3/c17-13-3-7-15(8-4-13)21-10-9-20-14-5-1-12(2-6-14)16-19-18-11-22-16/h1-8,11H,9-10H2. The summed E-state index contributed by atoms with van der Waals surface area (Å²) in [4.78, 5) is 0. The lowest BCUT2D eigenvalue weighted by molar-refractivity contribution is 0.217. The van der Waals surface area contributed by atoms with E-state index in [0.717, 1.165) is 5.56 Å². The highest BCUT2D eigenvalue weighted by atomic mass is 19.1. The van der Waals surface area contributed by atoms with Gasteiger partial charge in [0.2, 0.25) is 12.3 Å². The molecule has 0 saturated carbocycles. The Kier molecular flexibility index (Phi) is 4.29. The Labute approximate surface area is 126 Å². The number of hydrogen-bond acceptors (Lipinski definition) is 5. The van der Waals surface area contributed by atoms with Crippen LogP contribution in [0.15, 0.2) is 59.3 Å². The van der Waals surface area contributed by atoms with E-state index in [1.54, 1.807) is 12.1 Å². The molecule has 0 saturated heterocycles. The van der Waals surface area contributed by atoms with E-state index >= 15 is 0 Å². The fourth-order valence-electron chi connectivity index (χ4n) is 1.84. The van der Waals surface area contributed by atoms with Gasteiger partial charge in [-0.3, -0.25) is 0 Å². The van der Waals surface area contributed by atoms with Crippen LogP contribution in [0.1, 0.15) is 0 Å². The van der Waals surface area contributed by atoms with Crippen LogP contribution in [0.2, 0.25) is 0 Å². The van der Waals surface area contributed by atoms with Crippen molar-refractivity contribution >= 4 is 0 Å². The molecule has 112 valence electrons. The number of nitrogens with zero attached hydrogens (tertiary/aromatic N) is 2. The Morgan fingerprint density at radius 1 is 0.864 bits per heavy atom. The molecule has 0 amide bonds. The quantitative estimate of drug-likeness (QED) is 0.653. The van der Waals surface area contributed by atoms with Crippen molar-refractivity contribution in [1.29, 1.82) is 0 Å². The van der Waals surface area contributed by atoms with Crippen molar-refractivity contribution in [1.82, 2.24) is 10.2 Å². The SMILES string of the molecule is Fc1ccc(OCCOc2ccc(-c3nnco3)cc2)cc1. The largest absolute Gasteiger partial charge is 0.490 e. The number of hydrogen-bond donors (Lipinski definition) is 0. The van der Waals surface area contributed by atoms with E-state index in [0.29, 0.717) is 30.6 Å². The summed E-state index contributed by atoms with van der Waals surface area (Å²) in [7, 11) is 0. The summed E-state index contributed by atoms with van der Waals surface area (Å²) in [6.45, 7) is 0.758. The highest BCUT2D eigenvalue weighted by Gasteiger charge is 2.03. The second kappa shape index (κ2) is 6.71. The summed E-state index contributed by atoms with van der Waals surface area (Å²) in [6.07, 6.45) is 1.28. The summed E-state index contributed by atoms with van der Waals surface area (Å²) in [5, 5.41) is 7.46. The average molecular weight is 300 g/mol. The highest BCUT2D eigenvalue weighted by molar-refractivity contribution is 5.53. The molecule has 0 unspecified atom stereocenters. The van der Waals surface area contributed by atoms with Crippen molar-refractivity contribution in [2.75, 3.05) is 13.2 Å². The van der Waals surface area contributed by atoms with Crippen LogP contribution < -0.4 is 9.47 Å². The van der Waals surface area contributed by atoms with E-state index in [1.165, 1.54) is 18.5 Å². The minimum absolute atomic E-state index is 0.287.